The molecular formula is C8H4F3O. The smallest absolute Gasteiger partial charge is 0.203 e. The quantitative estimate of drug-likeness (QED) is 0.622. The Morgan fingerprint density at radius 2 is 1.83 bits per heavy atom. The predicted molar refractivity (Wildman–Crippen MR) is 35.7 cm³/mol. The lowest BCUT2D eigenvalue weighted by Gasteiger charge is -1.99. The van der Waals surface area contributed by atoms with Crippen molar-refractivity contribution in [1.29, 1.82) is 0 Å². The van der Waals surface area contributed by atoms with Crippen molar-refractivity contribution in [3.63, 3.8) is 0 Å². The molecule has 0 spiro atoms. The highest BCUT2D eigenvalue weighted by Crippen LogP contribution is 2.14. The lowest BCUT2D eigenvalue weighted by molar-refractivity contribution is 0.442. The summed E-state index contributed by atoms with van der Waals surface area (Å²) in [6, 6.07) is 1.78. The zero-order valence-electron chi connectivity index (χ0n) is 5.90. The van der Waals surface area contributed by atoms with E-state index < -0.39 is 17.5 Å². The Morgan fingerprint density at radius 1 is 1.17 bits per heavy atom. The molecule has 0 aliphatic rings. The van der Waals surface area contributed by atoms with Crippen LogP contribution >= 0.6 is 0 Å². The Labute approximate surface area is 66.8 Å². The van der Waals surface area contributed by atoms with Crippen LogP contribution in [0.15, 0.2) is 12.1 Å². The van der Waals surface area contributed by atoms with Crippen LogP contribution in [0.4, 0.5) is 13.2 Å². The summed E-state index contributed by atoms with van der Waals surface area (Å²) in [7, 11) is 0. The second-order valence-electron chi connectivity index (χ2n) is 2.16. The van der Waals surface area contributed by atoms with E-state index in [9.17, 15) is 18.0 Å². The Kier molecular flexibility index (Phi) is 2.47. The van der Waals surface area contributed by atoms with Gasteiger partial charge >= 0.3 is 0 Å². The van der Waals surface area contributed by atoms with Crippen LogP contribution in [0.2, 0.25) is 0 Å². The van der Waals surface area contributed by atoms with E-state index in [1.807, 2.05) is 0 Å². The van der Waals surface area contributed by atoms with E-state index >= 15 is 0 Å². The minimum atomic E-state index is -1.55. The van der Waals surface area contributed by atoms with Gasteiger partial charge in [0.2, 0.25) is 6.29 Å². The molecule has 0 heterocycles. The van der Waals surface area contributed by atoms with Crippen LogP contribution in [-0.2, 0) is 11.2 Å². The molecule has 4 heteroatoms. The molecule has 12 heavy (non-hydrogen) atoms. The lowest BCUT2D eigenvalue weighted by atomic mass is 10.1. The summed E-state index contributed by atoms with van der Waals surface area (Å²) in [5, 5.41) is 0. The first-order valence-electron chi connectivity index (χ1n) is 3.14. The SMILES string of the molecule is O=[C]Cc1ccc(F)c(F)c1F. The molecule has 1 aromatic rings. The van der Waals surface area contributed by atoms with Gasteiger partial charge in [-0.3, -0.25) is 4.79 Å². The van der Waals surface area contributed by atoms with Gasteiger partial charge in [0.1, 0.15) is 0 Å². The van der Waals surface area contributed by atoms with Crippen LogP contribution in [0, 0.1) is 17.5 Å². The number of benzene rings is 1. The fraction of sp³-hybridized carbons (Fsp3) is 0.125. The van der Waals surface area contributed by atoms with Gasteiger partial charge < -0.3 is 0 Å². The van der Waals surface area contributed by atoms with Crippen molar-refractivity contribution < 1.29 is 18.0 Å². The summed E-state index contributed by atoms with van der Waals surface area (Å²) >= 11 is 0. The third kappa shape index (κ3) is 1.47. The molecule has 1 aromatic carbocycles. The molecular weight excluding hydrogens is 169 g/mol. The van der Waals surface area contributed by atoms with E-state index in [-0.39, 0.29) is 12.0 Å². The Morgan fingerprint density at radius 3 is 2.42 bits per heavy atom. The summed E-state index contributed by atoms with van der Waals surface area (Å²) in [5.41, 5.74) is -0.191. The van der Waals surface area contributed by atoms with Gasteiger partial charge in [0.15, 0.2) is 17.5 Å². The predicted octanol–water partition coefficient (Wildman–Crippen LogP) is 1.76. The van der Waals surface area contributed by atoms with E-state index in [2.05, 4.69) is 0 Å². The number of rotatable bonds is 2. The number of carbonyl (C=O) groups excluding carboxylic acids is 1. The molecule has 0 saturated carbocycles. The summed E-state index contributed by atoms with van der Waals surface area (Å²) in [4.78, 5) is 9.81. The van der Waals surface area contributed by atoms with Gasteiger partial charge in [0.25, 0.3) is 0 Å². The van der Waals surface area contributed by atoms with Gasteiger partial charge in [0, 0.05) is 6.42 Å². The van der Waals surface area contributed by atoms with Gasteiger partial charge in [-0.1, -0.05) is 6.07 Å². The topological polar surface area (TPSA) is 17.1 Å². The van der Waals surface area contributed by atoms with Gasteiger partial charge in [-0.05, 0) is 11.6 Å². The largest absolute Gasteiger partial charge is 0.291 e. The molecule has 0 bridgehead atoms. The van der Waals surface area contributed by atoms with Gasteiger partial charge in [0.05, 0.1) is 0 Å². The molecule has 0 aliphatic carbocycles. The molecule has 0 N–H and O–H groups in total. The minimum absolute atomic E-state index is 0.191. The minimum Gasteiger partial charge on any atom is -0.291 e. The second-order valence-corrected chi connectivity index (χ2v) is 2.16. The average Bonchev–Trinajstić information content (AvgIpc) is 2.07. The summed E-state index contributed by atoms with van der Waals surface area (Å²) < 4.78 is 37.4. The van der Waals surface area contributed by atoms with E-state index in [0.717, 1.165) is 12.1 Å². The van der Waals surface area contributed by atoms with Crippen molar-refractivity contribution in [3.05, 3.63) is 35.1 Å². The van der Waals surface area contributed by atoms with Crippen molar-refractivity contribution in [1.82, 2.24) is 0 Å². The standard InChI is InChI=1S/C8H4F3O/c9-6-2-1-5(3-4-12)7(10)8(6)11/h1-2H,3H2. The molecule has 0 aromatic heterocycles. The van der Waals surface area contributed by atoms with E-state index in [1.165, 1.54) is 6.29 Å². The molecule has 0 atom stereocenters. The molecule has 0 amide bonds. The fourth-order valence-corrected chi connectivity index (χ4v) is 0.780. The van der Waals surface area contributed by atoms with Gasteiger partial charge in [-0.15, -0.1) is 0 Å². The van der Waals surface area contributed by atoms with E-state index in [4.69, 9.17) is 0 Å². The third-order valence-electron chi connectivity index (χ3n) is 1.38. The van der Waals surface area contributed by atoms with Crippen molar-refractivity contribution in [2.75, 3.05) is 0 Å². The maximum Gasteiger partial charge on any atom is 0.203 e. The Balaban J connectivity index is 3.16. The van der Waals surface area contributed by atoms with Crippen LogP contribution in [-0.4, -0.2) is 6.29 Å². The Bertz CT molecular complexity index is 309. The first-order chi connectivity index (χ1) is 5.66. The number of hydrogen-bond acceptors (Lipinski definition) is 1. The monoisotopic (exact) mass is 173 g/mol. The molecule has 1 rings (SSSR count). The maximum absolute atomic E-state index is 12.7. The summed E-state index contributed by atoms with van der Waals surface area (Å²) in [5.74, 6) is -4.14. The zero-order valence-corrected chi connectivity index (χ0v) is 5.90. The maximum atomic E-state index is 12.7. The van der Waals surface area contributed by atoms with Crippen LogP contribution in [0.3, 0.4) is 0 Å². The van der Waals surface area contributed by atoms with Crippen molar-refractivity contribution in [2.24, 2.45) is 0 Å². The van der Waals surface area contributed by atoms with E-state index in [1.54, 1.807) is 0 Å². The van der Waals surface area contributed by atoms with Crippen LogP contribution in [0.1, 0.15) is 5.56 Å². The van der Waals surface area contributed by atoms with Crippen LogP contribution < -0.4 is 0 Å². The van der Waals surface area contributed by atoms with Crippen molar-refractivity contribution >= 4 is 6.29 Å². The fourth-order valence-electron chi connectivity index (χ4n) is 0.780. The zero-order chi connectivity index (χ0) is 9.14. The molecule has 1 radical (unpaired) electrons. The Hall–Kier alpha value is -1.32. The average molecular weight is 173 g/mol. The lowest BCUT2D eigenvalue weighted by Crippen LogP contribution is -1.97. The summed E-state index contributed by atoms with van der Waals surface area (Å²) in [6.45, 7) is 0. The number of halogens is 3. The van der Waals surface area contributed by atoms with Gasteiger partial charge in [-0.25, -0.2) is 13.2 Å². The molecule has 1 nitrogen and oxygen atoms in total. The molecule has 63 valence electrons. The highest BCUT2D eigenvalue weighted by atomic mass is 19.2. The third-order valence-corrected chi connectivity index (χ3v) is 1.38. The number of hydrogen-bond donors (Lipinski definition) is 0. The second kappa shape index (κ2) is 3.38. The molecule has 0 fully saturated rings. The molecule has 0 aliphatic heterocycles. The molecule has 0 saturated heterocycles. The normalized spacial score (nSPS) is 9.92. The van der Waals surface area contributed by atoms with Crippen LogP contribution in [0.25, 0.3) is 0 Å². The summed E-state index contributed by atoms with van der Waals surface area (Å²) in [6.07, 6.45) is 1.02. The van der Waals surface area contributed by atoms with Crippen LogP contribution in [0.5, 0.6) is 0 Å². The first-order valence-corrected chi connectivity index (χ1v) is 3.14. The highest BCUT2D eigenvalue weighted by Gasteiger charge is 2.12. The van der Waals surface area contributed by atoms with Crippen molar-refractivity contribution in [2.45, 2.75) is 6.42 Å². The first kappa shape index (κ1) is 8.77. The van der Waals surface area contributed by atoms with E-state index in [0.29, 0.717) is 0 Å². The van der Waals surface area contributed by atoms with Crippen molar-refractivity contribution in [3.8, 4) is 0 Å². The molecule has 0 unspecified atom stereocenters. The van der Waals surface area contributed by atoms with Gasteiger partial charge in [-0.2, -0.15) is 0 Å². The highest BCUT2D eigenvalue weighted by molar-refractivity contribution is 5.55.